The summed E-state index contributed by atoms with van der Waals surface area (Å²) in [6.07, 6.45) is 0. The third-order valence-corrected chi connectivity index (χ3v) is 3.60. The largest absolute Gasteiger partial charge is 0.478 e. The molecular formula is C17H15N5O4. The molecule has 0 atom stereocenters. The molecule has 9 heteroatoms. The van der Waals surface area contributed by atoms with E-state index >= 15 is 0 Å². The van der Waals surface area contributed by atoms with Crippen molar-refractivity contribution in [3.8, 4) is 11.4 Å². The Morgan fingerprint density at radius 1 is 1.12 bits per heavy atom. The summed E-state index contributed by atoms with van der Waals surface area (Å²) in [4.78, 5) is 24.1. The smallest absolute Gasteiger partial charge is 0.337 e. The summed E-state index contributed by atoms with van der Waals surface area (Å²) < 4.78 is 4.75. The summed E-state index contributed by atoms with van der Waals surface area (Å²) in [5.41, 5.74) is 2.40. The van der Waals surface area contributed by atoms with Gasteiger partial charge in [-0.15, -0.1) is 10.2 Å². The molecule has 9 nitrogen and oxygen atoms in total. The maximum atomic E-state index is 11.8. The Hall–Kier alpha value is -3.75. The zero-order chi connectivity index (χ0) is 18.7. The van der Waals surface area contributed by atoms with Gasteiger partial charge < -0.3 is 15.2 Å². The molecule has 3 aromatic rings. The summed E-state index contributed by atoms with van der Waals surface area (Å²) in [6.45, 7) is 0. The Balaban J connectivity index is 2.00. The SMILES string of the molecule is COC(=O)c1ccc(Nc2ccc(C(=O)O)cc2)c(-c2nnn(C)n2)c1. The van der Waals surface area contributed by atoms with Crippen molar-refractivity contribution in [3.63, 3.8) is 0 Å². The Morgan fingerprint density at radius 2 is 1.81 bits per heavy atom. The van der Waals surface area contributed by atoms with Crippen LogP contribution in [0.2, 0.25) is 0 Å². The third kappa shape index (κ3) is 3.51. The van der Waals surface area contributed by atoms with Crippen molar-refractivity contribution in [1.82, 2.24) is 20.2 Å². The number of hydrogen-bond acceptors (Lipinski definition) is 7. The topological polar surface area (TPSA) is 119 Å². The van der Waals surface area contributed by atoms with E-state index in [1.165, 1.54) is 24.0 Å². The maximum absolute atomic E-state index is 11.8. The lowest BCUT2D eigenvalue weighted by molar-refractivity contribution is 0.0600. The second-order valence-electron chi connectivity index (χ2n) is 5.36. The molecule has 0 saturated heterocycles. The van der Waals surface area contributed by atoms with Crippen LogP contribution in [0.15, 0.2) is 42.5 Å². The van der Waals surface area contributed by atoms with Gasteiger partial charge in [0.15, 0.2) is 0 Å². The van der Waals surface area contributed by atoms with Crippen molar-refractivity contribution < 1.29 is 19.4 Å². The van der Waals surface area contributed by atoms with Gasteiger partial charge in [0, 0.05) is 16.9 Å². The number of carboxylic acid groups (broad SMARTS) is 1. The number of methoxy groups -OCH3 is 1. The molecule has 0 aliphatic carbocycles. The lowest BCUT2D eigenvalue weighted by Gasteiger charge is -2.11. The fourth-order valence-corrected chi connectivity index (χ4v) is 2.33. The highest BCUT2D eigenvalue weighted by molar-refractivity contribution is 5.93. The molecule has 132 valence electrons. The second kappa shape index (κ2) is 7.01. The molecule has 0 bridgehead atoms. The highest BCUT2D eigenvalue weighted by Gasteiger charge is 2.15. The van der Waals surface area contributed by atoms with Crippen molar-refractivity contribution in [1.29, 1.82) is 0 Å². The van der Waals surface area contributed by atoms with E-state index in [0.29, 0.717) is 28.3 Å². The molecule has 0 fully saturated rings. The van der Waals surface area contributed by atoms with Crippen LogP contribution in [0.5, 0.6) is 0 Å². The van der Waals surface area contributed by atoms with Crippen molar-refractivity contribution in [3.05, 3.63) is 53.6 Å². The molecule has 0 spiro atoms. The monoisotopic (exact) mass is 353 g/mol. The van der Waals surface area contributed by atoms with E-state index in [1.807, 2.05) is 0 Å². The second-order valence-corrected chi connectivity index (χ2v) is 5.36. The van der Waals surface area contributed by atoms with E-state index < -0.39 is 11.9 Å². The molecular weight excluding hydrogens is 338 g/mol. The average molecular weight is 353 g/mol. The number of carbonyl (C=O) groups excluding carboxylic acids is 1. The molecule has 0 aliphatic heterocycles. The normalized spacial score (nSPS) is 10.4. The first-order valence-corrected chi connectivity index (χ1v) is 7.55. The molecule has 3 rings (SSSR count). The molecule has 0 aliphatic rings. The Kier molecular flexibility index (Phi) is 4.61. The zero-order valence-electron chi connectivity index (χ0n) is 14.0. The molecule has 2 aromatic carbocycles. The molecule has 0 unspecified atom stereocenters. The number of anilines is 2. The quantitative estimate of drug-likeness (QED) is 0.669. The summed E-state index contributed by atoms with van der Waals surface area (Å²) >= 11 is 0. The predicted molar refractivity (Wildman–Crippen MR) is 92.3 cm³/mol. The summed E-state index contributed by atoms with van der Waals surface area (Å²) in [7, 11) is 2.94. The van der Waals surface area contributed by atoms with E-state index in [-0.39, 0.29) is 5.56 Å². The average Bonchev–Trinajstić information content (AvgIpc) is 3.08. The maximum Gasteiger partial charge on any atom is 0.337 e. The van der Waals surface area contributed by atoms with Crippen molar-refractivity contribution in [2.75, 3.05) is 12.4 Å². The number of ether oxygens (including phenoxy) is 1. The van der Waals surface area contributed by atoms with Gasteiger partial charge in [-0.1, -0.05) is 0 Å². The summed E-state index contributed by atoms with van der Waals surface area (Å²) in [5.74, 6) is -1.14. The summed E-state index contributed by atoms with van der Waals surface area (Å²) in [6, 6.07) is 11.2. The standard InChI is InChI=1S/C17H15N5O4/c1-22-20-15(19-21-22)13-9-11(17(25)26-2)5-8-14(13)18-12-6-3-10(4-7-12)16(23)24/h3-9,18H,1-2H3,(H,23,24). The van der Waals surface area contributed by atoms with Gasteiger partial charge in [0.05, 0.1) is 25.3 Å². The molecule has 26 heavy (non-hydrogen) atoms. The van der Waals surface area contributed by atoms with Crippen LogP contribution in [0, 0.1) is 0 Å². The number of tetrazole rings is 1. The number of carboxylic acids is 1. The number of aromatic nitrogens is 4. The van der Waals surface area contributed by atoms with Gasteiger partial charge in [0.25, 0.3) is 0 Å². The van der Waals surface area contributed by atoms with Gasteiger partial charge in [-0.2, -0.15) is 4.80 Å². The van der Waals surface area contributed by atoms with Crippen molar-refractivity contribution in [2.24, 2.45) is 7.05 Å². The van der Waals surface area contributed by atoms with E-state index in [2.05, 4.69) is 20.7 Å². The lowest BCUT2D eigenvalue weighted by Crippen LogP contribution is -2.03. The van der Waals surface area contributed by atoms with Crippen LogP contribution >= 0.6 is 0 Å². The number of hydrogen-bond donors (Lipinski definition) is 2. The lowest BCUT2D eigenvalue weighted by atomic mass is 10.1. The van der Waals surface area contributed by atoms with Crippen LogP contribution in [0.1, 0.15) is 20.7 Å². The van der Waals surface area contributed by atoms with Gasteiger partial charge in [0.2, 0.25) is 5.82 Å². The van der Waals surface area contributed by atoms with Crippen molar-refractivity contribution in [2.45, 2.75) is 0 Å². The zero-order valence-corrected chi connectivity index (χ0v) is 14.0. The number of nitrogens with one attached hydrogen (secondary N) is 1. The van der Waals surface area contributed by atoms with Gasteiger partial charge in [-0.3, -0.25) is 0 Å². The van der Waals surface area contributed by atoms with Crippen LogP contribution in [-0.2, 0) is 11.8 Å². The number of nitrogens with zero attached hydrogens (tertiary/aromatic N) is 4. The number of carbonyl (C=O) groups is 2. The first-order valence-electron chi connectivity index (χ1n) is 7.55. The van der Waals surface area contributed by atoms with Crippen LogP contribution in [0.4, 0.5) is 11.4 Å². The fraction of sp³-hybridized carbons (Fsp3) is 0.118. The number of aryl methyl sites for hydroxylation is 1. The van der Waals surface area contributed by atoms with Gasteiger partial charge in [-0.05, 0) is 47.7 Å². The minimum Gasteiger partial charge on any atom is -0.478 e. The van der Waals surface area contributed by atoms with E-state index in [0.717, 1.165) is 0 Å². The van der Waals surface area contributed by atoms with E-state index in [9.17, 15) is 9.59 Å². The molecule has 0 radical (unpaired) electrons. The number of esters is 1. The minimum absolute atomic E-state index is 0.187. The van der Waals surface area contributed by atoms with Crippen molar-refractivity contribution >= 4 is 23.3 Å². The van der Waals surface area contributed by atoms with Crippen LogP contribution in [0.3, 0.4) is 0 Å². The van der Waals surface area contributed by atoms with Crippen LogP contribution in [0.25, 0.3) is 11.4 Å². The Bertz CT molecular complexity index is 966. The van der Waals surface area contributed by atoms with Gasteiger partial charge in [-0.25, -0.2) is 9.59 Å². The number of benzene rings is 2. The highest BCUT2D eigenvalue weighted by Crippen LogP contribution is 2.29. The third-order valence-electron chi connectivity index (χ3n) is 3.60. The van der Waals surface area contributed by atoms with E-state index in [1.54, 1.807) is 37.4 Å². The number of aromatic carboxylic acids is 1. The molecule has 2 N–H and O–H groups in total. The predicted octanol–water partition coefficient (Wildman–Crippen LogP) is 2.11. The number of rotatable bonds is 5. The highest BCUT2D eigenvalue weighted by atomic mass is 16.5. The van der Waals surface area contributed by atoms with Crippen LogP contribution in [-0.4, -0.2) is 44.4 Å². The molecule has 0 amide bonds. The first-order chi connectivity index (χ1) is 12.5. The Morgan fingerprint density at radius 3 is 2.38 bits per heavy atom. The Labute approximate surface area is 148 Å². The van der Waals surface area contributed by atoms with Crippen LogP contribution < -0.4 is 5.32 Å². The van der Waals surface area contributed by atoms with Gasteiger partial charge >= 0.3 is 11.9 Å². The molecule has 0 saturated carbocycles. The minimum atomic E-state index is -0.997. The first kappa shape index (κ1) is 17.1. The van der Waals surface area contributed by atoms with E-state index in [4.69, 9.17) is 9.84 Å². The summed E-state index contributed by atoms with van der Waals surface area (Å²) in [5, 5.41) is 24.1. The molecule has 1 heterocycles. The fourth-order valence-electron chi connectivity index (χ4n) is 2.33. The molecule has 1 aromatic heterocycles. The van der Waals surface area contributed by atoms with Gasteiger partial charge in [0.1, 0.15) is 0 Å².